The molecule has 160 valence electrons. The molecule has 0 aliphatic heterocycles. The molecule has 31 heavy (non-hydrogen) atoms. The van der Waals surface area contributed by atoms with Gasteiger partial charge in [-0.2, -0.15) is 0 Å². The van der Waals surface area contributed by atoms with Crippen LogP contribution in [0.1, 0.15) is 48.4 Å². The minimum Gasteiger partial charge on any atom is -0.493 e. The van der Waals surface area contributed by atoms with Gasteiger partial charge in [0.05, 0.1) is 18.3 Å². The number of hydrogen-bond donors (Lipinski definition) is 1. The molecule has 1 atom stereocenters. The summed E-state index contributed by atoms with van der Waals surface area (Å²) in [5, 5.41) is 8.31. The number of benzene rings is 2. The van der Waals surface area contributed by atoms with Crippen LogP contribution < -0.4 is 10.1 Å². The Morgan fingerprint density at radius 2 is 1.81 bits per heavy atom. The van der Waals surface area contributed by atoms with Gasteiger partial charge in [-0.25, -0.2) is 0 Å². The SMILES string of the molecule is Cc1cc(NC(C)c2cc3ccc(CCc4ccc(OCC5CC5)cc4)cc3o2)on1. The molecule has 1 aliphatic carbocycles. The van der Waals surface area contributed by atoms with Crippen LogP contribution in [0, 0.1) is 12.8 Å². The van der Waals surface area contributed by atoms with E-state index in [4.69, 9.17) is 13.7 Å². The zero-order chi connectivity index (χ0) is 21.2. The van der Waals surface area contributed by atoms with Gasteiger partial charge in [0.15, 0.2) is 0 Å². The Kier molecular flexibility index (Phi) is 5.41. The molecule has 2 heterocycles. The first kappa shape index (κ1) is 19.7. The minimum absolute atomic E-state index is 0.0103. The molecule has 5 nitrogen and oxygen atoms in total. The van der Waals surface area contributed by atoms with E-state index in [-0.39, 0.29) is 6.04 Å². The number of hydrogen-bond acceptors (Lipinski definition) is 5. The maximum Gasteiger partial charge on any atom is 0.225 e. The highest BCUT2D eigenvalue weighted by molar-refractivity contribution is 5.78. The molecule has 0 radical (unpaired) electrons. The van der Waals surface area contributed by atoms with Gasteiger partial charge >= 0.3 is 0 Å². The Bertz CT molecular complexity index is 1160. The Balaban J connectivity index is 1.20. The first-order valence-corrected chi connectivity index (χ1v) is 11.1. The number of aromatic nitrogens is 1. The fraction of sp³-hybridized carbons (Fsp3) is 0.346. The van der Waals surface area contributed by atoms with Gasteiger partial charge in [-0.3, -0.25) is 0 Å². The van der Waals surface area contributed by atoms with Crippen molar-refractivity contribution in [2.24, 2.45) is 5.92 Å². The highest BCUT2D eigenvalue weighted by Gasteiger charge is 2.21. The standard InChI is InChI=1S/C26H28N2O3/c1-17-13-26(31-28-17)27-18(2)24-15-22-10-7-20(14-25(22)30-24)4-3-19-8-11-23(12-9-19)29-16-21-5-6-21/h7-15,18,21,27H,3-6,16H2,1-2H3. The van der Waals surface area contributed by atoms with E-state index in [9.17, 15) is 0 Å². The summed E-state index contributed by atoms with van der Waals surface area (Å²) in [6.45, 7) is 4.81. The highest BCUT2D eigenvalue weighted by Crippen LogP contribution is 2.30. The van der Waals surface area contributed by atoms with Crippen LogP contribution in [0.15, 0.2) is 63.5 Å². The predicted molar refractivity (Wildman–Crippen MR) is 122 cm³/mol. The van der Waals surface area contributed by atoms with Crippen molar-refractivity contribution in [3.63, 3.8) is 0 Å². The summed E-state index contributed by atoms with van der Waals surface area (Å²) in [6, 6.07) is 18.9. The molecule has 1 fully saturated rings. The Morgan fingerprint density at radius 1 is 1.03 bits per heavy atom. The third kappa shape index (κ3) is 4.93. The number of furan rings is 1. The van der Waals surface area contributed by atoms with Crippen LogP contribution in [0.4, 0.5) is 5.88 Å². The molecule has 5 heteroatoms. The number of nitrogens with one attached hydrogen (secondary N) is 1. The maximum atomic E-state index is 6.13. The lowest BCUT2D eigenvalue weighted by atomic mass is 10.0. The Hall–Kier alpha value is -3.21. The predicted octanol–water partition coefficient (Wildman–Crippen LogP) is 6.48. The molecule has 4 aromatic rings. The van der Waals surface area contributed by atoms with Crippen molar-refractivity contribution in [1.82, 2.24) is 5.16 Å². The molecule has 1 unspecified atom stereocenters. The van der Waals surface area contributed by atoms with Crippen molar-refractivity contribution in [3.05, 3.63) is 77.2 Å². The lowest BCUT2D eigenvalue weighted by Gasteiger charge is -2.08. The second-order valence-corrected chi connectivity index (χ2v) is 8.62. The van der Waals surface area contributed by atoms with Crippen LogP contribution >= 0.6 is 0 Å². The molecule has 0 saturated heterocycles. The maximum absolute atomic E-state index is 6.13. The van der Waals surface area contributed by atoms with Gasteiger partial charge in [0.25, 0.3) is 0 Å². The van der Waals surface area contributed by atoms with Crippen LogP contribution in [0.3, 0.4) is 0 Å². The monoisotopic (exact) mass is 416 g/mol. The van der Waals surface area contributed by atoms with E-state index >= 15 is 0 Å². The fourth-order valence-electron chi connectivity index (χ4n) is 3.72. The summed E-state index contributed by atoms with van der Waals surface area (Å²) < 4.78 is 17.2. The van der Waals surface area contributed by atoms with E-state index in [1.54, 1.807) is 0 Å². The number of ether oxygens (including phenoxy) is 1. The molecule has 1 aliphatic rings. The quantitative estimate of drug-likeness (QED) is 0.338. The molecule has 2 aromatic heterocycles. The molecule has 2 aromatic carbocycles. The highest BCUT2D eigenvalue weighted by atomic mass is 16.5. The van der Waals surface area contributed by atoms with Crippen molar-refractivity contribution in [2.45, 2.75) is 45.6 Å². The molecule has 1 N–H and O–H groups in total. The van der Waals surface area contributed by atoms with Crippen molar-refractivity contribution < 1.29 is 13.7 Å². The molecule has 0 spiro atoms. The topological polar surface area (TPSA) is 60.4 Å². The largest absolute Gasteiger partial charge is 0.493 e. The third-order valence-corrected chi connectivity index (χ3v) is 5.83. The fourth-order valence-corrected chi connectivity index (χ4v) is 3.72. The van der Waals surface area contributed by atoms with Crippen LogP contribution in [0.5, 0.6) is 5.75 Å². The van der Waals surface area contributed by atoms with Gasteiger partial charge in [0.1, 0.15) is 17.1 Å². The molecular weight excluding hydrogens is 388 g/mol. The van der Waals surface area contributed by atoms with Gasteiger partial charge in [0.2, 0.25) is 5.88 Å². The van der Waals surface area contributed by atoms with Gasteiger partial charge in [0, 0.05) is 11.5 Å². The summed E-state index contributed by atoms with van der Waals surface area (Å²) >= 11 is 0. The number of fused-ring (bicyclic) bond motifs is 1. The first-order chi connectivity index (χ1) is 15.1. The van der Waals surface area contributed by atoms with Crippen LogP contribution in [0.25, 0.3) is 11.0 Å². The normalized spacial score (nSPS) is 14.6. The third-order valence-electron chi connectivity index (χ3n) is 5.83. The van der Waals surface area contributed by atoms with Gasteiger partial charge in [-0.05, 0) is 80.8 Å². The summed E-state index contributed by atoms with van der Waals surface area (Å²) in [5.41, 5.74) is 4.36. The van der Waals surface area contributed by atoms with Crippen LogP contribution in [-0.2, 0) is 12.8 Å². The van der Waals surface area contributed by atoms with Crippen LogP contribution in [-0.4, -0.2) is 11.8 Å². The summed E-state index contributed by atoms with van der Waals surface area (Å²) in [7, 11) is 0. The van der Waals surface area contributed by atoms with Gasteiger partial charge < -0.3 is 19.0 Å². The van der Waals surface area contributed by atoms with Gasteiger partial charge in [-0.15, -0.1) is 0 Å². The molecular formula is C26H28N2O3. The van der Waals surface area contributed by atoms with E-state index in [0.29, 0.717) is 5.88 Å². The molecule has 5 rings (SSSR count). The lowest BCUT2D eigenvalue weighted by Crippen LogP contribution is -2.04. The second-order valence-electron chi connectivity index (χ2n) is 8.62. The van der Waals surface area contributed by atoms with Crippen molar-refractivity contribution >= 4 is 16.9 Å². The minimum atomic E-state index is -0.0103. The average Bonchev–Trinajstić information content (AvgIpc) is 3.37. The van der Waals surface area contributed by atoms with E-state index in [2.05, 4.69) is 65.9 Å². The molecule has 0 amide bonds. The van der Waals surface area contributed by atoms with Crippen molar-refractivity contribution in [3.8, 4) is 5.75 Å². The number of anilines is 1. The summed E-state index contributed by atoms with van der Waals surface area (Å²) in [5.74, 6) is 3.28. The molecule has 0 bridgehead atoms. The number of nitrogens with zero attached hydrogens (tertiary/aromatic N) is 1. The Morgan fingerprint density at radius 3 is 2.55 bits per heavy atom. The zero-order valence-electron chi connectivity index (χ0n) is 18.1. The van der Waals surface area contributed by atoms with Crippen molar-refractivity contribution in [1.29, 1.82) is 0 Å². The number of aryl methyl sites for hydroxylation is 3. The smallest absolute Gasteiger partial charge is 0.225 e. The van der Waals surface area contributed by atoms with Gasteiger partial charge in [-0.1, -0.05) is 29.4 Å². The van der Waals surface area contributed by atoms with E-state index < -0.39 is 0 Å². The summed E-state index contributed by atoms with van der Waals surface area (Å²) in [4.78, 5) is 0. The lowest BCUT2D eigenvalue weighted by molar-refractivity contribution is 0.299. The Labute approximate surface area is 182 Å². The number of rotatable bonds is 9. The van der Waals surface area contributed by atoms with E-state index in [1.165, 1.54) is 24.0 Å². The summed E-state index contributed by atoms with van der Waals surface area (Å²) in [6.07, 6.45) is 4.59. The average molecular weight is 417 g/mol. The zero-order valence-corrected chi connectivity index (χ0v) is 18.1. The molecule has 1 saturated carbocycles. The van der Waals surface area contributed by atoms with Crippen LogP contribution in [0.2, 0.25) is 0 Å². The van der Waals surface area contributed by atoms with Crippen molar-refractivity contribution in [2.75, 3.05) is 11.9 Å². The first-order valence-electron chi connectivity index (χ1n) is 11.1. The van der Waals surface area contributed by atoms with E-state index in [1.807, 2.05) is 13.0 Å². The second kappa shape index (κ2) is 8.50. The van der Waals surface area contributed by atoms with E-state index in [0.717, 1.165) is 53.5 Å².